The number of aromatic amines is 1. The molecule has 3 aromatic rings. The fraction of sp³-hybridized carbons (Fsp3) is 0.111. The summed E-state index contributed by atoms with van der Waals surface area (Å²) in [4.78, 5) is 19.3. The van der Waals surface area contributed by atoms with Gasteiger partial charge in [-0.3, -0.25) is 4.79 Å². The largest absolute Gasteiger partial charge is 0.384 e. The number of nitrogens with one attached hydrogen (secondary N) is 1. The quantitative estimate of drug-likeness (QED) is 0.778. The minimum Gasteiger partial charge on any atom is -0.384 e. The highest BCUT2D eigenvalue weighted by Gasteiger charge is 2.13. The highest BCUT2D eigenvalue weighted by atomic mass is 16.1. The molecule has 4 heteroatoms. The van der Waals surface area contributed by atoms with Gasteiger partial charge in [-0.25, -0.2) is 4.98 Å². The van der Waals surface area contributed by atoms with Crippen LogP contribution in [0.2, 0.25) is 0 Å². The molecule has 0 amide bonds. The Bertz CT molecular complexity index is 868. The van der Waals surface area contributed by atoms with Gasteiger partial charge < -0.3 is 10.7 Å². The van der Waals surface area contributed by atoms with E-state index >= 15 is 0 Å². The van der Waals surface area contributed by atoms with Crippen LogP contribution in [-0.2, 0) is 6.42 Å². The molecule has 0 saturated carbocycles. The average molecular weight is 291 g/mol. The molecule has 0 aliphatic rings. The predicted octanol–water partition coefficient (Wildman–Crippen LogP) is 3.25. The van der Waals surface area contributed by atoms with E-state index in [-0.39, 0.29) is 5.56 Å². The molecule has 0 aliphatic carbocycles. The fourth-order valence-electron chi connectivity index (χ4n) is 2.62. The van der Waals surface area contributed by atoms with E-state index in [1.807, 2.05) is 49.4 Å². The maximum absolute atomic E-state index is 12.1. The summed E-state index contributed by atoms with van der Waals surface area (Å²) in [5, 5.41) is 0. The minimum absolute atomic E-state index is 0.101. The summed E-state index contributed by atoms with van der Waals surface area (Å²) in [5.41, 5.74) is 10.2. The van der Waals surface area contributed by atoms with Crippen LogP contribution in [-0.4, -0.2) is 9.97 Å². The van der Waals surface area contributed by atoms with E-state index < -0.39 is 0 Å². The lowest BCUT2D eigenvalue weighted by Crippen LogP contribution is -2.08. The predicted molar refractivity (Wildman–Crippen MR) is 89.5 cm³/mol. The highest BCUT2D eigenvalue weighted by Crippen LogP contribution is 2.32. The maximum Gasteiger partial charge on any atom is 0.255 e. The number of aryl methyl sites for hydroxylation is 1. The van der Waals surface area contributed by atoms with Gasteiger partial charge in [-0.1, -0.05) is 31.2 Å². The Morgan fingerprint density at radius 2 is 1.64 bits per heavy atom. The molecule has 0 saturated heterocycles. The number of rotatable bonds is 3. The molecule has 0 radical (unpaired) electrons. The first-order chi connectivity index (χ1) is 10.7. The fourth-order valence-corrected chi connectivity index (χ4v) is 2.62. The van der Waals surface area contributed by atoms with Crippen molar-refractivity contribution in [2.75, 3.05) is 5.73 Å². The van der Waals surface area contributed by atoms with Crippen molar-refractivity contribution in [3.8, 4) is 22.3 Å². The number of nitrogen functional groups attached to an aromatic ring is 1. The molecule has 2 aromatic heterocycles. The maximum atomic E-state index is 12.1. The second kappa shape index (κ2) is 5.85. The molecule has 0 spiro atoms. The van der Waals surface area contributed by atoms with Crippen LogP contribution in [0.3, 0.4) is 0 Å². The minimum atomic E-state index is -0.101. The van der Waals surface area contributed by atoms with Gasteiger partial charge >= 0.3 is 0 Å². The van der Waals surface area contributed by atoms with Crippen LogP contribution in [0, 0.1) is 0 Å². The van der Waals surface area contributed by atoms with E-state index in [1.165, 1.54) is 0 Å². The third-order valence-corrected chi connectivity index (χ3v) is 3.66. The molecular weight excluding hydrogens is 274 g/mol. The summed E-state index contributed by atoms with van der Waals surface area (Å²) in [6.45, 7) is 2.04. The summed E-state index contributed by atoms with van der Waals surface area (Å²) >= 11 is 0. The summed E-state index contributed by atoms with van der Waals surface area (Å²) < 4.78 is 0. The van der Waals surface area contributed by atoms with E-state index in [2.05, 4.69) is 9.97 Å². The van der Waals surface area contributed by atoms with Gasteiger partial charge in [0.05, 0.1) is 5.69 Å². The standard InChI is InChI=1S/C18H17N3O/c1-2-16-14(9-10-17(19)21-16)12-6-3-4-7-13(12)15-8-5-11-20-18(15)22/h3-11H,2H2,1H3,(H2,19,21)(H,20,22). The number of pyridine rings is 2. The Labute approximate surface area is 128 Å². The number of benzene rings is 1. The van der Waals surface area contributed by atoms with Crippen LogP contribution in [0.5, 0.6) is 0 Å². The molecule has 0 aliphatic heterocycles. The molecule has 110 valence electrons. The highest BCUT2D eigenvalue weighted by molar-refractivity contribution is 5.84. The third-order valence-electron chi connectivity index (χ3n) is 3.66. The number of hydrogen-bond acceptors (Lipinski definition) is 3. The van der Waals surface area contributed by atoms with Crippen molar-refractivity contribution in [3.63, 3.8) is 0 Å². The number of aromatic nitrogens is 2. The molecule has 0 bridgehead atoms. The van der Waals surface area contributed by atoms with E-state index in [1.54, 1.807) is 12.3 Å². The van der Waals surface area contributed by atoms with Crippen LogP contribution in [0.25, 0.3) is 22.3 Å². The van der Waals surface area contributed by atoms with Crippen molar-refractivity contribution < 1.29 is 0 Å². The van der Waals surface area contributed by atoms with Crippen molar-refractivity contribution in [1.29, 1.82) is 0 Å². The monoisotopic (exact) mass is 291 g/mol. The lowest BCUT2D eigenvalue weighted by molar-refractivity contribution is 1.04. The van der Waals surface area contributed by atoms with Gasteiger partial charge in [0.2, 0.25) is 0 Å². The molecule has 3 rings (SSSR count). The van der Waals surface area contributed by atoms with Crippen molar-refractivity contribution in [2.24, 2.45) is 0 Å². The molecule has 4 nitrogen and oxygen atoms in total. The molecule has 3 N–H and O–H groups in total. The molecule has 22 heavy (non-hydrogen) atoms. The number of anilines is 1. The third kappa shape index (κ3) is 2.51. The SMILES string of the molecule is CCc1nc(N)ccc1-c1ccccc1-c1ccc[nH]c1=O. The van der Waals surface area contributed by atoms with Gasteiger partial charge in [-0.05, 0) is 41.8 Å². The Kier molecular flexibility index (Phi) is 3.74. The summed E-state index contributed by atoms with van der Waals surface area (Å²) in [7, 11) is 0. The summed E-state index contributed by atoms with van der Waals surface area (Å²) in [6, 6.07) is 15.3. The Balaban J connectivity index is 2.26. The molecule has 0 unspecified atom stereocenters. The van der Waals surface area contributed by atoms with Crippen LogP contribution in [0.1, 0.15) is 12.6 Å². The number of H-pyrrole nitrogens is 1. The smallest absolute Gasteiger partial charge is 0.255 e. The van der Waals surface area contributed by atoms with Crippen molar-refractivity contribution in [1.82, 2.24) is 9.97 Å². The van der Waals surface area contributed by atoms with Crippen LogP contribution in [0.4, 0.5) is 5.82 Å². The number of hydrogen-bond donors (Lipinski definition) is 2. The number of nitrogens with zero attached hydrogens (tertiary/aromatic N) is 1. The molecule has 2 heterocycles. The molecule has 0 fully saturated rings. The first-order valence-electron chi connectivity index (χ1n) is 7.23. The van der Waals surface area contributed by atoms with Crippen LogP contribution in [0.15, 0.2) is 59.5 Å². The second-order valence-corrected chi connectivity index (χ2v) is 5.04. The lowest BCUT2D eigenvalue weighted by Gasteiger charge is -2.12. The first-order valence-corrected chi connectivity index (χ1v) is 7.23. The molecular formula is C18H17N3O. The molecule has 1 aromatic carbocycles. The van der Waals surface area contributed by atoms with Gasteiger partial charge in [0.1, 0.15) is 5.82 Å². The van der Waals surface area contributed by atoms with Crippen molar-refractivity contribution in [2.45, 2.75) is 13.3 Å². The van der Waals surface area contributed by atoms with Gasteiger partial charge in [0, 0.05) is 17.3 Å². The zero-order valence-corrected chi connectivity index (χ0v) is 12.3. The van der Waals surface area contributed by atoms with E-state index in [0.717, 1.165) is 28.8 Å². The van der Waals surface area contributed by atoms with E-state index in [4.69, 9.17) is 5.73 Å². The van der Waals surface area contributed by atoms with Gasteiger partial charge in [0.25, 0.3) is 5.56 Å². The van der Waals surface area contributed by atoms with E-state index in [9.17, 15) is 4.79 Å². The van der Waals surface area contributed by atoms with Gasteiger partial charge in [-0.2, -0.15) is 0 Å². The Hall–Kier alpha value is -2.88. The van der Waals surface area contributed by atoms with Gasteiger partial charge in [-0.15, -0.1) is 0 Å². The first kappa shape index (κ1) is 14.1. The zero-order valence-electron chi connectivity index (χ0n) is 12.3. The summed E-state index contributed by atoms with van der Waals surface area (Å²) in [5.74, 6) is 0.510. The van der Waals surface area contributed by atoms with Crippen LogP contribution < -0.4 is 11.3 Å². The Morgan fingerprint density at radius 3 is 2.32 bits per heavy atom. The Morgan fingerprint density at radius 1 is 0.955 bits per heavy atom. The van der Waals surface area contributed by atoms with Crippen molar-refractivity contribution >= 4 is 5.82 Å². The topological polar surface area (TPSA) is 71.8 Å². The normalized spacial score (nSPS) is 10.6. The van der Waals surface area contributed by atoms with Crippen molar-refractivity contribution in [3.05, 3.63) is 70.8 Å². The molecule has 0 atom stereocenters. The van der Waals surface area contributed by atoms with Gasteiger partial charge in [0.15, 0.2) is 0 Å². The summed E-state index contributed by atoms with van der Waals surface area (Å²) in [6.07, 6.45) is 2.41. The van der Waals surface area contributed by atoms with E-state index in [0.29, 0.717) is 11.4 Å². The average Bonchev–Trinajstić information content (AvgIpc) is 2.55. The zero-order chi connectivity index (χ0) is 15.5. The number of nitrogens with two attached hydrogens (primary N) is 1. The lowest BCUT2D eigenvalue weighted by atomic mass is 9.94. The van der Waals surface area contributed by atoms with Crippen LogP contribution >= 0.6 is 0 Å². The second-order valence-electron chi connectivity index (χ2n) is 5.04.